The average molecular weight is 669 g/mol. The SMILES string of the molecule is COc1c(OCNCC(C)O)ccc2c1OC1c3c(-c4cccc(O)c4)cc4c(c3OCC21)NCC1(O4)OC(C(=O)O)C(O)C(O)C1O. The van der Waals surface area contributed by atoms with Crippen molar-refractivity contribution in [1.82, 2.24) is 5.32 Å². The molecule has 0 aromatic heterocycles. The maximum atomic E-state index is 11.9. The Balaban J connectivity index is 1.29. The van der Waals surface area contributed by atoms with E-state index in [2.05, 4.69) is 10.6 Å². The van der Waals surface area contributed by atoms with Crippen LogP contribution in [0.25, 0.3) is 11.1 Å². The van der Waals surface area contributed by atoms with E-state index in [1.54, 1.807) is 37.3 Å². The lowest BCUT2D eigenvalue weighted by Gasteiger charge is -2.49. The molecule has 15 nitrogen and oxygen atoms in total. The zero-order chi connectivity index (χ0) is 33.9. The third kappa shape index (κ3) is 5.19. The summed E-state index contributed by atoms with van der Waals surface area (Å²) in [4.78, 5) is 11.9. The van der Waals surface area contributed by atoms with Gasteiger partial charge >= 0.3 is 5.97 Å². The summed E-state index contributed by atoms with van der Waals surface area (Å²) >= 11 is 0. The number of aliphatic hydroxyl groups excluding tert-OH is 4. The number of rotatable bonds is 8. The minimum atomic E-state index is -2.08. The monoisotopic (exact) mass is 668 g/mol. The van der Waals surface area contributed by atoms with Crippen molar-refractivity contribution in [3.63, 3.8) is 0 Å². The number of hydrogen-bond donors (Lipinski definition) is 8. The van der Waals surface area contributed by atoms with E-state index in [4.69, 9.17) is 28.4 Å². The van der Waals surface area contributed by atoms with Crippen LogP contribution in [0, 0.1) is 0 Å². The first-order chi connectivity index (χ1) is 23.0. The van der Waals surface area contributed by atoms with Gasteiger partial charge in [-0.15, -0.1) is 0 Å². The Bertz CT molecular complexity index is 1730. The van der Waals surface area contributed by atoms with Gasteiger partial charge in [0.05, 0.1) is 32.3 Å². The highest BCUT2D eigenvalue weighted by atomic mass is 16.7. The molecule has 0 bridgehead atoms. The number of ether oxygens (including phenoxy) is 6. The molecule has 8 unspecified atom stereocenters. The predicted molar refractivity (Wildman–Crippen MR) is 166 cm³/mol. The van der Waals surface area contributed by atoms with Crippen LogP contribution in [0.4, 0.5) is 5.69 Å². The van der Waals surface area contributed by atoms with E-state index in [0.717, 1.165) is 5.56 Å². The van der Waals surface area contributed by atoms with Crippen LogP contribution in [-0.4, -0.2) is 106 Å². The summed E-state index contributed by atoms with van der Waals surface area (Å²) in [5, 5.41) is 67.6. The average Bonchev–Trinajstić information content (AvgIpc) is 3.45. The topological polar surface area (TPSA) is 218 Å². The number of phenolic OH excluding ortho intramolecular Hbond substituents is 1. The fraction of sp³-hybridized carbons (Fsp3) is 0.424. The largest absolute Gasteiger partial charge is 0.508 e. The molecular formula is C33H36N2O13. The Morgan fingerprint density at radius 2 is 1.96 bits per heavy atom. The molecule has 1 spiro atoms. The van der Waals surface area contributed by atoms with Crippen LogP contribution in [0.5, 0.6) is 34.5 Å². The second kappa shape index (κ2) is 12.2. The number of methoxy groups -OCH3 is 1. The summed E-state index contributed by atoms with van der Waals surface area (Å²) in [5.74, 6) is -2.12. The maximum Gasteiger partial charge on any atom is 0.335 e. The predicted octanol–water partition coefficient (Wildman–Crippen LogP) is 1.05. The van der Waals surface area contributed by atoms with Crippen molar-refractivity contribution in [2.45, 2.75) is 55.3 Å². The van der Waals surface area contributed by atoms with Gasteiger partial charge in [-0.2, -0.15) is 0 Å². The molecule has 4 aliphatic heterocycles. The van der Waals surface area contributed by atoms with Gasteiger partial charge in [-0.1, -0.05) is 18.2 Å². The van der Waals surface area contributed by atoms with Crippen LogP contribution in [-0.2, 0) is 9.53 Å². The van der Waals surface area contributed by atoms with E-state index in [1.807, 2.05) is 6.07 Å². The third-order valence-corrected chi connectivity index (χ3v) is 9.02. The van der Waals surface area contributed by atoms with Gasteiger partial charge in [-0.3, -0.25) is 5.32 Å². The molecular weight excluding hydrogens is 632 g/mol. The molecule has 3 aromatic carbocycles. The van der Waals surface area contributed by atoms with Crippen molar-refractivity contribution in [3.8, 4) is 45.6 Å². The normalized spacial score (nSPS) is 28.7. The van der Waals surface area contributed by atoms with E-state index in [-0.39, 0.29) is 37.3 Å². The summed E-state index contributed by atoms with van der Waals surface area (Å²) in [6.07, 6.45) is -8.62. The van der Waals surface area contributed by atoms with Gasteiger partial charge in [0.1, 0.15) is 42.6 Å². The van der Waals surface area contributed by atoms with Crippen molar-refractivity contribution < 1.29 is 63.9 Å². The number of hydrogen-bond acceptors (Lipinski definition) is 14. The van der Waals surface area contributed by atoms with Gasteiger partial charge in [0.25, 0.3) is 5.79 Å². The van der Waals surface area contributed by atoms with E-state index < -0.39 is 48.4 Å². The molecule has 256 valence electrons. The lowest BCUT2D eigenvalue weighted by atomic mass is 9.84. The van der Waals surface area contributed by atoms with E-state index >= 15 is 0 Å². The van der Waals surface area contributed by atoms with Gasteiger partial charge in [-0.05, 0) is 42.3 Å². The van der Waals surface area contributed by atoms with E-state index in [0.29, 0.717) is 51.9 Å². The number of carboxylic acids is 1. The molecule has 48 heavy (non-hydrogen) atoms. The lowest BCUT2D eigenvalue weighted by molar-refractivity contribution is -0.325. The highest BCUT2D eigenvalue weighted by Gasteiger charge is 2.59. The summed E-state index contributed by atoms with van der Waals surface area (Å²) in [5.41, 5.74) is 2.96. The number of anilines is 1. The molecule has 15 heteroatoms. The summed E-state index contributed by atoms with van der Waals surface area (Å²) in [7, 11) is 1.51. The Hall–Kier alpha value is -4.51. The second-order valence-corrected chi connectivity index (χ2v) is 12.2. The molecule has 4 heterocycles. The lowest BCUT2D eigenvalue weighted by Crippen LogP contribution is -2.71. The molecule has 7 rings (SSSR count). The Kier molecular flexibility index (Phi) is 8.14. The molecule has 3 aromatic rings. The zero-order valence-corrected chi connectivity index (χ0v) is 26.0. The van der Waals surface area contributed by atoms with Gasteiger partial charge in [0, 0.05) is 17.7 Å². The first-order valence-corrected chi connectivity index (χ1v) is 15.4. The zero-order valence-electron chi connectivity index (χ0n) is 26.0. The van der Waals surface area contributed by atoms with Crippen LogP contribution in [0.1, 0.15) is 30.1 Å². The fourth-order valence-corrected chi connectivity index (χ4v) is 6.74. The molecule has 8 N–H and O–H groups in total. The standard InChI is InChI=1S/C33H36N2O13/c1-14(36)10-34-13-45-20-7-6-17-19-11-44-29-22(26(19)46-27(17)28(20)43-2)18(15-4-3-5-16(37)8-15)9-21-23(29)35-12-33(47-21)31(40)25(39)24(38)30(48-33)32(41)42/h3-9,14,19,24-26,30-31,34-40H,10-13H2,1-2H3,(H,41,42). The number of aliphatic hydroxyl groups is 4. The van der Waals surface area contributed by atoms with Crippen molar-refractivity contribution in [2.75, 3.05) is 38.9 Å². The number of phenols is 1. The molecule has 0 radical (unpaired) electrons. The number of nitrogens with one attached hydrogen (secondary N) is 2. The van der Waals surface area contributed by atoms with Gasteiger partial charge in [0.15, 0.2) is 29.1 Å². The van der Waals surface area contributed by atoms with E-state index in [9.17, 15) is 35.4 Å². The molecule has 0 amide bonds. The number of carboxylic acid groups (broad SMARTS) is 1. The smallest absolute Gasteiger partial charge is 0.335 e. The third-order valence-electron chi connectivity index (χ3n) is 9.02. The minimum absolute atomic E-state index is 0.00139. The number of aliphatic carboxylic acids is 1. The van der Waals surface area contributed by atoms with E-state index in [1.165, 1.54) is 13.2 Å². The number of fused-ring (bicyclic) bond motifs is 7. The Labute approximate surface area is 274 Å². The summed E-state index contributed by atoms with van der Waals surface area (Å²) in [6, 6.07) is 11.8. The van der Waals surface area contributed by atoms with Crippen LogP contribution in [0.15, 0.2) is 42.5 Å². The van der Waals surface area contributed by atoms with Crippen molar-refractivity contribution in [1.29, 1.82) is 0 Å². The van der Waals surface area contributed by atoms with Crippen LogP contribution in [0.2, 0.25) is 0 Å². The van der Waals surface area contributed by atoms with Crippen LogP contribution < -0.4 is 34.3 Å². The number of benzene rings is 3. The van der Waals surface area contributed by atoms with Gasteiger partial charge < -0.3 is 64.4 Å². The molecule has 1 fully saturated rings. The Morgan fingerprint density at radius 1 is 1.15 bits per heavy atom. The van der Waals surface area contributed by atoms with Crippen LogP contribution >= 0.6 is 0 Å². The highest BCUT2D eigenvalue weighted by molar-refractivity contribution is 5.84. The summed E-state index contributed by atoms with van der Waals surface area (Å²) < 4.78 is 36.6. The van der Waals surface area contributed by atoms with Crippen molar-refractivity contribution >= 4 is 11.7 Å². The molecule has 8 atom stereocenters. The van der Waals surface area contributed by atoms with Crippen LogP contribution in [0.3, 0.4) is 0 Å². The quantitative estimate of drug-likeness (QED) is 0.124. The number of carbonyl (C=O) groups is 1. The maximum absolute atomic E-state index is 11.9. The van der Waals surface area contributed by atoms with Gasteiger partial charge in [-0.25, -0.2) is 4.79 Å². The number of aromatic hydroxyl groups is 1. The molecule has 4 aliphatic rings. The van der Waals surface area contributed by atoms with Gasteiger partial charge in [0.2, 0.25) is 5.75 Å². The fourth-order valence-electron chi connectivity index (χ4n) is 6.74. The first kappa shape index (κ1) is 32.1. The minimum Gasteiger partial charge on any atom is -0.508 e. The molecule has 0 saturated carbocycles. The summed E-state index contributed by atoms with van der Waals surface area (Å²) in [6.45, 7) is 2.02. The second-order valence-electron chi connectivity index (χ2n) is 12.2. The highest BCUT2D eigenvalue weighted by Crippen LogP contribution is 2.61. The van der Waals surface area contributed by atoms with Crippen molar-refractivity contribution in [3.05, 3.63) is 53.6 Å². The molecule has 0 aliphatic carbocycles. The Morgan fingerprint density at radius 3 is 2.69 bits per heavy atom. The first-order valence-electron chi connectivity index (χ1n) is 15.4. The van der Waals surface area contributed by atoms with Crippen molar-refractivity contribution in [2.24, 2.45) is 0 Å². The molecule has 1 saturated heterocycles.